The van der Waals surface area contributed by atoms with Gasteiger partial charge in [-0.3, -0.25) is 9.69 Å². The van der Waals surface area contributed by atoms with Crippen LogP contribution < -0.4 is 0 Å². The summed E-state index contributed by atoms with van der Waals surface area (Å²) in [6.07, 6.45) is 4.27. The zero-order valence-electron chi connectivity index (χ0n) is 14.2. The molecular weight excluding hydrogens is 294 g/mol. The van der Waals surface area contributed by atoms with Crippen LogP contribution in [0.15, 0.2) is 11.8 Å². The number of Topliss-reactive ketones (excluding diaryl/α,β-unsaturated/α-hetero) is 1. The van der Waals surface area contributed by atoms with E-state index < -0.39 is 5.97 Å². The Hall–Kier alpha value is -1.40. The number of carbonyl (C=O) groups excluding carboxylic acids is 1. The van der Waals surface area contributed by atoms with E-state index in [1.54, 1.807) is 0 Å². The quantitative estimate of drug-likeness (QED) is 0.753. The van der Waals surface area contributed by atoms with E-state index in [0.29, 0.717) is 12.1 Å². The Morgan fingerprint density at radius 2 is 2.00 bits per heavy atom. The maximum atomic E-state index is 12.4. The molecule has 3 rings (SSSR count). The zero-order chi connectivity index (χ0) is 16.7. The minimum Gasteiger partial charge on any atom is -0.478 e. The van der Waals surface area contributed by atoms with Gasteiger partial charge in [0.05, 0.1) is 0 Å². The molecule has 0 amide bonds. The average molecular weight is 321 g/mol. The Kier molecular flexibility index (Phi) is 4.47. The molecule has 3 aliphatic rings. The second kappa shape index (κ2) is 6.24. The predicted molar refractivity (Wildman–Crippen MR) is 87.1 cm³/mol. The van der Waals surface area contributed by atoms with Crippen molar-refractivity contribution in [3.05, 3.63) is 11.8 Å². The maximum absolute atomic E-state index is 12.4. The Morgan fingerprint density at radius 3 is 2.65 bits per heavy atom. The third-order valence-electron chi connectivity index (χ3n) is 5.98. The van der Waals surface area contributed by atoms with Crippen LogP contribution in [0, 0.1) is 5.92 Å². The first-order valence-electron chi connectivity index (χ1n) is 8.54. The molecule has 2 aliphatic heterocycles. The smallest absolute Gasteiger partial charge is 0.340 e. The van der Waals surface area contributed by atoms with Crippen molar-refractivity contribution in [1.82, 2.24) is 14.7 Å². The van der Waals surface area contributed by atoms with Crippen molar-refractivity contribution in [3.8, 4) is 0 Å². The van der Waals surface area contributed by atoms with Crippen molar-refractivity contribution in [3.63, 3.8) is 0 Å². The summed E-state index contributed by atoms with van der Waals surface area (Å²) in [6, 6.07) is 1.20. The molecule has 23 heavy (non-hydrogen) atoms. The van der Waals surface area contributed by atoms with Crippen LogP contribution in [0.2, 0.25) is 0 Å². The highest BCUT2D eigenvalue weighted by Crippen LogP contribution is 2.36. The van der Waals surface area contributed by atoms with Gasteiger partial charge in [0, 0.05) is 56.9 Å². The van der Waals surface area contributed by atoms with Crippen LogP contribution in [0.25, 0.3) is 0 Å². The highest BCUT2D eigenvalue weighted by Gasteiger charge is 2.44. The largest absolute Gasteiger partial charge is 0.478 e. The number of rotatable bonds is 2. The number of likely N-dealkylation sites (N-methyl/N-ethyl adjacent to an activating group) is 1. The van der Waals surface area contributed by atoms with Gasteiger partial charge in [0.1, 0.15) is 5.57 Å². The van der Waals surface area contributed by atoms with Crippen molar-refractivity contribution in [2.24, 2.45) is 5.92 Å². The minimum atomic E-state index is -1.10. The molecule has 2 heterocycles. The van der Waals surface area contributed by atoms with Crippen LogP contribution >= 0.6 is 0 Å². The van der Waals surface area contributed by atoms with Gasteiger partial charge < -0.3 is 14.9 Å². The molecule has 1 saturated heterocycles. The van der Waals surface area contributed by atoms with Crippen molar-refractivity contribution < 1.29 is 14.7 Å². The Labute approximate surface area is 137 Å². The van der Waals surface area contributed by atoms with Gasteiger partial charge in [-0.2, -0.15) is 0 Å². The molecule has 0 bridgehead atoms. The zero-order valence-corrected chi connectivity index (χ0v) is 14.2. The predicted octanol–water partition coefficient (Wildman–Crippen LogP) is 0.643. The summed E-state index contributed by atoms with van der Waals surface area (Å²) in [7, 11) is 4.08. The fourth-order valence-electron chi connectivity index (χ4n) is 4.34. The lowest BCUT2D eigenvalue weighted by molar-refractivity contribution is -0.137. The fourth-order valence-corrected chi connectivity index (χ4v) is 4.34. The number of carboxylic acid groups (broad SMARTS) is 1. The molecule has 128 valence electrons. The topological polar surface area (TPSA) is 64.1 Å². The van der Waals surface area contributed by atoms with Crippen molar-refractivity contribution in [2.45, 2.75) is 44.3 Å². The van der Waals surface area contributed by atoms with Crippen LogP contribution in [0.3, 0.4) is 0 Å². The maximum Gasteiger partial charge on any atom is 0.340 e. The molecule has 4 atom stereocenters. The average Bonchev–Trinajstić information content (AvgIpc) is 2.52. The third-order valence-corrected chi connectivity index (χ3v) is 5.98. The number of piperazine rings is 1. The van der Waals surface area contributed by atoms with Crippen molar-refractivity contribution >= 4 is 11.8 Å². The van der Waals surface area contributed by atoms with E-state index in [1.165, 1.54) is 6.20 Å². The Morgan fingerprint density at radius 1 is 1.26 bits per heavy atom. The normalized spacial score (nSPS) is 36.6. The van der Waals surface area contributed by atoms with Gasteiger partial charge in [-0.05, 0) is 33.2 Å². The number of hydrogen-bond donors (Lipinski definition) is 1. The second-order valence-electron chi connectivity index (χ2n) is 7.34. The summed E-state index contributed by atoms with van der Waals surface area (Å²) < 4.78 is 0. The summed E-state index contributed by atoms with van der Waals surface area (Å²) in [5.74, 6) is -1.43. The summed E-state index contributed by atoms with van der Waals surface area (Å²) >= 11 is 0. The van der Waals surface area contributed by atoms with Gasteiger partial charge in [-0.15, -0.1) is 0 Å². The highest BCUT2D eigenvalue weighted by atomic mass is 16.4. The first-order valence-corrected chi connectivity index (χ1v) is 8.54. The number of fused-ring (bicyclic) bond motifs is 1. The summed E-state index contributed by atoms with van der Waals surface area (Å²) in [5.41, 5.74) is -0.0552. The van der Waals surface area contributed by atoms with Gasteiger partial charge in [0.15, 0.2) is 5.78 Å². The van der Waals surface area contributed by atoms with E-state index in [-0.39, 0.29) is 23.3 Å². The molecular formula is C17H27N3O3. The SMILES string of the molecule is CC1CN(C2CCC3C(=O)C(C(=O)O)=CN(C)C3C2)CCN1C. The van der Waals surface area contributed by atoms with Crippen LogP contribution in [0.1, 0.15) is 26.2 Å². The van der Waals surface area contributed by atoms with Gasteiger partial charge in [-0.1, -0.05) is 0 Å². The van der Waals surface area contributed by atoms with Crippen molar-refractivity contribution in [1.29, 1.82) is 0 Å². The van der Waals surface area contributed by atoms with Crippen LogP contribution in [0.5, 0.6) is 0 Å². The van der Waals surface area contributed by atoms with E-state index in [0.717, 1.165) is 38.9 Å². The Balaban J connectivity index is 1.71. The van der Waals surface area contributed by atoms with Crippen LogP contribution in [-0.2, 0) is 9.59 Å². The van der Waals surface area contributed by atoms with Gasteiger partial charge >= 0.3 is 5.97 Å². The number of ketones is 1. The number of carboxylic acids is 1. The lowest BCUT2D eigenvalue weighted by atomic mass is 9.74. The van der Waals surface area contributed by atoms with E-state index >= 15 is 0 Å². The van der Waals surface area contributed by atoms with E-state index in [9.17, 15) is 14.7 Å². The number of carbonyl (C=O) groups is 2. The molecule has 0 radical (unpaired) electrons. The molecule has 4 unspecified atom stereocenters. The Bertz CT molecular complexity index is 533. The van der Waals surface area contributed by atoms with Gasteiger partial charge in [-0.25, -0.2) is 4.79 Å². The lowest BCUT2D eigenvalue weighted by Crippen LogP contribution is -2.57. The van der Waals surface area contributed by atoms with Crippen LogP contribution in [0.4, 0.5) is 0 Å². The van der Waals surface area contributed by atoms with Gasteiger partial charge in [0.2, 0.25) is 0 Å². The number of nitrogens with zero attached hydrogens (tertiary/aromatic N) is 3. The number of aliphatic carboxylic acids is 1. The molecule has 1 saturated carbocycles. The summed E-state index contributed by atoms with van der Waals surface area (Å²) in [4.78, 5) is 30.6. The van der Waals surface area contributed by atoms with Crippen molar-refractivity contribution in [2.75, 3.05) is 33.7 Å². The van der Waals surface area contributed by atoms with Gasteiger partial charge in [0.25, 0.3) is 0 Å². The molecule has 1 aliphatic carbocycles. The monoisotopic (exact) mass is 321 g/mol. The minimum absolute atomic E-state index is 0.0552. The highest BCUT2D eigenvalue weighted by molar-refractivity contribution is 6.18. The first kappa shape index (κ1) is 16.5. The van der Waals surface area contributed by atoms with Crippen LogP contribution in [-0.4, -0.2) is 83.4 Å². The number of hydrogen-bond acceptors (Lipinski definition) is 5. The summed E-state index contributed by atoms with van der Waals surface area (Å²) in [5, 5.41) is 9.20. The standard InChI is InChI=1S/C17H27N3O3/c1-11-9-20(7-6-18(11)2)12-4-5-13-15(8-12)19(3)10-14(16(13)21)17(22)23/h10-13,15H,4-9H2,1-3H3,(H,22,23). The molecule has 2 fully saturated rings. The molecule has 6 heteroatoms. The van der Waals surface area contributed by atoms with E-state index in [4.69, 9.17) is 0 Å². The molecule has 1 N–H and O–H groups in total. The van der Waals surface area contributed by atoms with E-state index in [1.807, 2.05) is 11.9 Å². The van der Waals surface area contributed by atoms with E-state index in [2.05, 4.69) is 23.8 Å². The second-order valence-corrected chi connectivity index (χ2v) is 7.34. The molecule has 6 nitrogen and oxygen atoms in total. The summed E-state index contributed by atoms with van der Waals surface area (Å²) in [6.45, 7) is 5.50. The fraction of sp³-hybridized carbons (Fsp3) is 0.765. The molecule has 0 aromatic heterocycles. The lowest BCUT2D eigenvalue weighted by Gasteiger charge is -2.48. The molecule has 0 spiro atoms. The molecule has 0 aromatic carbocycles. The molecule has 0 aromatic rings. The third kappa shape index (κ3) is 3.02. The first-order chi connectivity index (χ1) is 10.9.